The van der Waals surface area contributed by atoms with Crippen molar-refractivity contribution in [2.75, 3.05) is 32.9 Å². The minimum atomic E-state index is -0.0216. The number of rotatable bonds is 41. The normalized spacial score (nSPS) is 12.0. The molecule has 0 aromatic rings. The first-order chi connectivity index (χ1) is 25.0. The van der Waals surface area contributed by atoms with Crippen molar-refractivity contribution in [1.29, 1.82) is 0 Å². The smallest absolute Gasteiger partial charge is 0.308 e. The molecule has 0 radical (unpaired) electrons. The summed E-state index contributed by atoms with van der Waals surface area (Å²) in [6.07, 6.45) is 37.5. The number of aliphatic hydroxyl groups is 1. The fourth-order valence-corrected chi connectivity index (χ4v) is 7.20. The summed E-state index contributed by atoms with van der Waals surface area (Å²) in [5.74, 6) is 0.137. The zero-order valence-corrected chi connectivity index (χ0v) is 34.8. The minimum Gasteiger partial charge on any atom is -0.466 e. The zero-order valence-electron chi connectivity index (χ0n) is 34.8. The average molecular weight is 740 g/mol. The van der Waals surface area contributed by atoms with Gasteiger partial charge in [-0.25, -0.2) is 0 Å². The monoisotopic (exact) mass is 740 g/mol. The molecular formula is C46H93NO5. The van der Waals surface area contributed by atoms with E-state index in [0.29, 0.717) is 25.7 Å². The van der Waals surface area contributed by atoms with Gasteiger partial charge in [-0.15, -0.1) is 0 Å². The Kier molecular flexibility index (Phi) is 43.4. The van der Waals surface area contributed by atoms with E-state index in [2.05, 4.69) is 32.6 Å². The van der Waals surface area contributed by atoms with Gasteiger partial charge in [0, 0.05) is 19.0 Å². The number of carbonyl (C=O) groups is 2. The van der Waals surface area contributed by atoms with Crippen molar-refractivity contribution >= 4 is 11.9 Å². The second-order valence-corrected chi connectivity index (χ2v) is 15.6. The standard InChI is InChI=1S/C45H89NO5.CH4/c1-5-8-11-14-21-27-34-43(35-28-22-15-12-9-6-2)45(49)51-41-32-25-18-23-30-37-46(38-39-47)42(4)33-26-20-16-17-24-31-40-50-44(48)36-29-19-13-10-7-3;/h42-43,47H,5-41H2,1-4H3;1H4. The van der Waals surface area contributed by atoms with Crippen LogP contribution in [0.25, 0.3) is 0 Å². The Morgan fingerprint density at radius 1 is 0.500 bits per heavy atom. The maximum absolute atomic E-state index is 13.0. The van der Waals surface area contributed by atoms with Gasteiger partial charge in [-0.2, -0.15) is 0 Å². The Bertz CT molecular complexity index is 716. The number of unbranched alkanes of at least 4 members (excludes halogenated alkanes) is 23. The summed E-state index contributed by atoms with van der Waals surface area (Å²) < 4.78 is 11.2. The molecule has 0 heterocycles. The van der Waals surface area contributed by atoms with Crippen LogP contribution in [0.3, 0.4) is 0 Å². The SMILES string of the molecule is C.CCCCCCCCC(CCCCCCCC)C(=O)OCCCCCCCN(CCO)C(C)CCCCCCCCOC(=O)CCCCCCC. The maximum atomic E-state index is 13.0. The highest BCUT2D eigenvalue weighted by Crippen LogP contribution is 2.21. The largest absolute Gasteiger partial charge is 0.466 e. The molecule has 0 rings (SSSR count). The van der Waals surface area contributed by atoms with E-state index >= 15 is 0 Å². The van der Waals surface area contributed by atoms with Crippen LogP contribution in [-0.4, -0.2) is 60.9 Å². The molecule has 0 bridgehead atoms. The molecule has 0 saturated heterocycles. The molecule has 0 spiro atoms. The van der Waals surface area contributed by atoms with Gasteiger partial charge in [-0.3, -0.25) is 14.5 Å². The van der Waals surface area contributed by atoms with Crippen molar-refractivity contribution in [2.45, 2.75) is 247 Å². The van der Waals surface area contributed by atoms with E-state index in [4.69, 9.17) is 9.47 Å². The maximum Gasteiger partial charge on any atom is 0.308 e. The first-order valence-corrected chi connectivity index (χ1v) is 22.7. The second kappa shape index (κ2) is 42.6. The first-order valence-electron chi connectivity index (χ1n) is 22.7. The molecule has 1 unspecified atom stereocenters. The first kappa shape index (κ1) is 53.0. The van der Waals surface area contributed by atoms with Crippen LogP contribution in [0.1, 0.15) is 241 Å². The van der Waals surface area contributed by atoms with E-state index < -0.39 is 0 Å². The number of carbonyl (C=O) groups excluding carboxylic acids is 2. The third kappa shape index (κ3) is 35.9. The molecule has 52 heavy (non-hydrogen) atoms. The summed E-state index contributed by atoms with van der Waals surface area (Å²) >= 11 is 0. The van der Waals surface area contributed by atoms with E-state index in [9.17, 15) is 14.7 Å². The summed E-state index contributed by atoms with van der Waals surface area (Å²) in [7, 11) is 0. The van der Waals surface area contributed by atoms with Crippen LogP contribution in [-0.2, 0) is 19.1 Å². The molecule has 0 aliphatic carbocycles. The van der Waals surface area contributed by atoms with Crippen LogP contribution in [0, 0.1) is 5.92 Å². The molecule has 6 nitrogen and oxygen atoms in total. The lowest BCUT2D eigenvalue weighted by Crippen LogP contribution is -2.36. The van der Waals surface area contributed by atoms with Gasteiger partial charge >= 0.3 is 11.9 Å². The van der Waals surface area contributed by atoms with E-state index in [0.717, 1.165) is 83.7 Å². The Morgan fingerprint density at radius 3 is 1.40 bits per heavy atom. The summed E-state index contributed by atoms with van der Waals surface area (Å²) in [4.78, 5) is 27.3. The Labute approximate surface area is 325 Å². The summed E-state index contributed by atoms with van der Waals surface area (Å²) in [6.45, 7) is 12.2. The van der Waals surface area contributed by atoms with E-state index in [-0.39, 0.29) is 31.9 Å². The molecule has 0 fully saturated rings. The van der Waals surface area contributed by atoms with Crippen LogP contribution in [0.2, 0.25) is 0 Å². The van der Waals surface area contributed by atoms with Gasteiger partial charge in [0.05, 0.1) is 25.7 Å². The Hall–Kier alpha value is -1.14. The van der Waals surface area contributed by atoms with Gasteiger partial charge in [0.2, 0.25) is 0 Å². The third-order valence-corrected chi connectivity index (χ3v) is 10.8. The van der Waals surface area contributed by atoms with Gasteiger partial charge in [-0.1, -0.05) is 182 Å². The molecule has 1 N–H and O–H groups in total. The zero-order chi connectivity index (χ0) is 37.5. The highest BCUT2D eigenvalue weighted by atomic mass is 16.5. The van der Waals surface area contributed by atoms with Crippen LogP contribution in [0.4, 0.5) is 0 Å². The van der Waals surface area contributed by atoms with Crippen molar-refractivity contribution in [1.82, 2.24) is 4.90 Å². The molecule has 6 heteroatoms. The molecule has 0 aromatic heterocycles. The van der Waals surface area contributed by atoms with Crippen molar-refractivity contribution in [3.8, 4) is 0 Å². The molecule has 1 atom stereocenters. The Balaban J connectivity index is 0. The number of hydrogen-bond acceptors (Lipinski definition) is 6. The van der Waals surface area contributed by atoms with Crippen LogP contribution in [0.15, 0.2) is 0 Å². The van der Waals surface area contributed by atoms with Crippen LogP contribution >= 0.6 is 0 Å². The predicted octanol–water partition coefficient (Wildman–Crippen LogP) is 13.6. The Morgan fingerprint density at radius 2 is 0.904 bits per heavy atom. The fraction of sp³-hybridized carbons (Fsp3) is 0.957. The lowest BCUT2D eigenvalue weighted by atomic mass is 9.94. The molecule has 0 saturated carbocycles. The number of ether oxygens (including phenoxy) is 2. The highest BCUT2D eigenvalue weighted by Gasteiger charge is 2.19. The second-order valence-electron chi connectivity index (χ2n) is 15.6. The van der Waals surface area contributed by atoms with E-state index in [1.165, 1.54) is 128 Å². The summed E-state index contributed by atoms with van der Waals surface area (Å²) in [5, 5.41) is 9.66. The summed E-state index contributed by atoms with van der Waals surface area (Å²) in [5.41, 5.74) is 0. The number of aliphatic hydroxyl groups excluding tert-OH is 1. The molecule has 0 amide bonds. The molecule has 0 aliphatic rings. The lowest BCUT2D eigenvalue weighted by Gasteiger charge is -2.28. The van der Waals surface area contributed by atoms with E-state index in [1.54, 1.807) is 0 Å². The van der Waals surface area contributed by atoms with Crippen molar-refractivity contribution < 1.29 is 24.2 Å². The van der Waals surface area contributed by atoms with Crippen molar-refractivity contribution in [2.24, 2.45) is 5.92 Å². The number of esters is 2. The summed E-state index contributed by atoms with van der Waals surface area (Å²) in [6, 6.07) is 0.499. The van der Waals surface area contributed by atoms with Gasteiger partial charge in [0.15, 0.2) is 0 Å². The number of hydrogen-bond donors (Lipinski definition) is 1. The molecule has 0 aliphatic heterocycles. The lowest BCUT2D eigenvalue weighted by molar-refractivity contribution is -0.149. The van der Waals surface area contributed by atoms with Gasteiger partial charge in [0.25, 0.3) is 0 Å². The van der Waals surface area contributed by atoms with Crippen molar-refractivity contribution in [3.05, 3.63) is 0 Å². The van der Waals surface area contributed by atoms with Crippen LogP contribution in [0.5, 0.6) is 0 Å². The van der Waals surface area contributed by atoms with E-state index in [1.807, 2.05) is 0 Å². The van der Waals surface area contributed by atoms with Crippen LogP contribution < -0.4 is 0 Å². The molecular weight excluding hydrogens is 647 g/mol. The third-order valence-electron chi connectivity index (χ3n) is 10.8. The minimum absolute atomic E-state index is 0. The predicted molar refractivity (Wildman–Crippen MR) is 225 cm³/mol. The van der Waals surface area contributed by atoms with Gasteiger partial charge in [-0.05, 0) is 58.4 Å². The number of nitrogens with zero attached hydrogens (tertiary/aromatic N) is 1. The molecule has 312 valence electrons. The fourth-order valence-electron chi connectivity index (χ4n) is 7.20. The quantitative estimate of drug-likeness (QED) is 0.0497. The van der Waals surface area contributed by atoms with Crippen molar-refractivity contribution in [3.63, 3.8) is 0 Å². The van der Waals surface area contributed by atoms with Gasteiger partial charge in [0.1, 0.15) is 0 Å². The average Bonchev–Trinajstić information content (AvgIpc) is 3.13. The van der Waals surface area contributed by atoms with Gasteiger partial charge < -0.3 is 14.6 Å². The molecule has 0 aromatic carbocycles. The highest BCUT2D eigenvalue weighted by molar-refractivity contribution is 5.72. The topological polar surface area (TPSA) is 76.1 Å².